The number of piperidine rings is 1. The molecular weight excluding hydrogens is 184 g/mol. The average molecular weight is 210 g/mol. The third-order valence-corrected chi connectivity index (χ3v) is 3.88. The Morgan fingerprint density at radius 2 is 2.13 bits per heavy atom. The standard InChI is InChI=1S/C13H26N2/c1-11-4-3-9-15(10-11)12(2)7-8-14-13-5-6-13/h11-14H,3-10H2,1-2H3. The average Bonchev–Trinajstić information content (AvgIpc) is 3.01. The van der Waals surface area contributed by atoms with Crippen molar-refractivity contribution in [2.75, 3.05) is 19.6 Å². The third kappa shape index (κ3) is 3.76. The highest BCUT2D eigenvalue weighted by molar-refractivity contribution is 4.82. The number of nitrogens with one attached hydrogen (secondary N) is 1. The first-order valence-electron chi connectivity index (χ1n) is 6.73. The molecule has 0 aromatic heterocycles. The van der Waals surface area contributed by atoms with E-state index in [9.17, 15) is 0 Å². The molecule has 2 aliphatic rings. The molecule has 2 nitrogen and oxygen atoms in total. The van der Waals surface area contributed by atoms with Crippen molar-refractivity contribution in [2.24, 2.45) is 5.92 Å². The SMILES string of the molecule is CC1CCCN(C(C)CCNC2CC2)C1. The molecule has 2 fully saturated rings. The fraction of sp³-hybridized carbons (Fsp3) is 1.00. The van der Waals surface area contributed by atoms with Crippen molar-refractivity contribution in [1.82, 2.24) is 10.2 Å². The molecule has 1 aliphatic carbocycles. The van der Waals surface area contributed by atoms with Crippen molar-refractivity contribution in [3.63, 3.8) is 0 Å². The fourth-order valence-corrected chi connectivity index (χ4v) is 2.59. The van der Waals surface area contributed by atoms with E-state index in [-0.39, 0.29) is 0 Å². The Balaban J connectivity index is 1.62. The molecule has 1 N–H and O–H groups in total. The summed E-state index contributed by atoms with van der Waals surface area (Å²) in [6, 6.07) is 1.65. The van der Waals surface area contributed by atoms with Crippen LogP contribution in [0.15, 0.2) is 0 Å². The van der Waals surface area contributed by atoms with Gasteiger partial charge in [0.25, 0.3) is 0 Å². The zero-order valence-electron chi connectivity index (χ0n) is 10.3. The summed E-state index contributed by atoms with van der Waals surface area (Å²) in [6.45, 7) is 8.66. The predicted molar refractivity (Wildman–Crippen MR) is 65.1 cm³/mol. The summed E-state index contributed by atoms with van der Waals surface area (Å²) in [4.78, 5) is 2.68. The minimum Gasteiger partial charge on any atom is -0.314 e. The van der Waals surface area contributed by atoms with E-state index in [1.165, 1.54) is 51.7 Å². The second-order valence-electron chi connectivity index (χ2n) is 5.61. The second-order valence-corrected chi connectivity index (χ2v) is 5.61. The van der Waals surface area contributed by atoms with Gasteiger partial charge in [-0.1, -0.05) is 6.92 Å². The quantitative estimate of drug-likeness (QED) is 0.749. The van der Waals surface area contributed by atoms with Crippen LogP contribution in [0, 0.1) is 5.92 Å². The third-order valence-electron chi connectivity index (χ3n) is 3.88. The van der Waals surface area contributed by atoms with E-state index in [4.69, 9.17) is 0 Å². The fourth-order valence-electron chi connectivity index (χ4n) is 2.59. The van der Waals surface area contributed by atoms with Crippen LogP contribution in [0.3, 0.4) is 0 Å². The van der Waals surface area contributed by atoms with Crippen molar-refractivity contribution in [1.29, 1.82) is 0 Å². The van der Waals surface area contributed by atoms with E-state index in [0.717, 1.165) is 18.0 Å². The van der Waals surface area contributed by atoms with Crippen LogP contribution in [0.4, 0.5) is 0 Å². The van der Waals surface area contributed by atoms with Gasteiger partial charge in [0.2, 0.25) is 0 Å². The number of nitrogens with zero attached hydrogens (tertiary/aromatic N) is 1. The number of hydrogen-bond acceptors (Lipinski definition) is 2. The molecule has 0 radical (unpaired) electrons. The molecule has 2 unspecified atom stereocenters. The van der Waals surface area contributed by atoms with Crippen LogP contribution in [-0.4, -0.2) is 36.6 Å². The van der Waals surface area contributed by atoms with Crippen LogP contribution in [0.5, 0.6) is 0 Å². The van der Waals surface area contributed by atoms with Crippen LogP contribution in [0.2, 0.25) is 0 Å². The molecule has 2 rings (SSSR count). The van der Waals surface area contributed by atoms with Gasteiger partial charge in [0.05, 0.1) is 0 Å². The van der Waals surface area contributed by atoms with Crippen molar-refractivity contribution in [3.05, 3.63) is 0 Å². The van der Waals surface area contributed by atoms with Gasteiger partial charge in [-0.15, -0.1) is 0 Å². The van der Waals surface area contributed by atoms with E-state index < -0.39 is 0 Å². The van der Waals surface area contributed by atoms with E-state index in [2.05, 4.69) is 24.1 Å². The Labute approximate surface area is 94.4 Å². The second kappa shape index (κ2) is 5.31. The van der Waals surface area contributed by atoms with Crippen molar-refractivity contribution in [3.8, 4) is 0 Å². The minimum absolute atomic E-state index is 0.777. The Bertz CT molecular complexity index is 189. The molecule has 1 aliphatic heterocycles. The van der Waals surface area contributed by atoms with Crippen LogP contribution >= 0.6 is 0 Å². The molecule has 0 bridgehead atoms. The van der Waals surface area contributed by atoms with Crippen LogP contribution in [0.1, 0.15) is 46.0 Å². The first-order chi connectivity index (χ1) is 7.25. The lowest BCUT2D eigenvalue weighted by atomic mass is 9.98. The Kier molecular flexibility index (Phi) is 4.04. The normalized spacial score (nSPS) is 30.4. The molecular formula is C13H26N2. The molecule has 15 heavy (non-hydrogen) atoms. The van der Waals surface area contributed by atoms with E-state index >= 15 is 0 Å². The van der Waals surface area contributed by atoms with Gasteiger partial charge < -0.3 is 10.2 Å². The lowest BCUT2D eigenvalue weighted by Crippen LogP contribution is -2.41. The van der Waals surface area contributed by atoms with Gasteiger partial charge in [0.15, 0.2) is 0 Å². The van der Waals surface area contributed by atoms with E-state index in [1.54, 1.807) is 0 Å². The first-order valence-corrected chi connectivity index (χ1v) is 6.73. The summed E-state index contributed by atoms with van der Waals surface area (Å²) < 4.78 is 0. The highest BCUT2D eigenvalue weighted by Crippen LogP contribution is 2.20. The number of hydrogen-bond donors (Lipinski definition) is 1. The van der Waals surface area contributed by atoms with Crippen LogP contribution in [0.25, 0.3) is 0 Å². The molecule has 1 saturated carbocycles. The van der Waals surface area contributed by atoms with Crippen LogP contribution < -0.4 is 5.32 Å². The summed E-state index contributed by atoms with van der Waals surface area (Å²) in [5.41, 5.74) is 0. The number of rotatable bonds is 5. The van der Waals surface area contributed by atoms with Gasteiger partial charge >= 0.3 is 0 Å². The van der Waals surface area contributed by atoms with E-state index in [0.29, 0.717) is 0 Å². The minimum atomic E-state index is 0.777. The lowest BCUT2D eigenvalue weighted by molar-refractivity contribution is 0.133. The van der Waals surface area contributed by atoms with Gasteiger partial charge in [0, 0.05) is 18.6 Å². The van der Waals surface area contributed by atoms with Gasteiger partial charge in [-0.3, -0.25) is 0 Å². The van der Waals surface area contributed by atoms with Crippen molar-refractivity contribution in [2.45, 2.75) is 58.0 Å². The van der Waals surface area contributed by atoms with Gasteiger partial charge in [-0.05, 0) is 58.0 Å². The summed E-state index contributed by atoms with van der Waals surface area (Å²) in [7, 11) is 0. The molecule has 2 atom stereocenters. The topological polar surface area (TPSA) is 15.3 Å². The Morgan fingerprint density at radius 1 is 1.33 bits per heavy atom. The molecule has 0 amide bonds. The molecule has 0 aromatic rings. The summed E-state index contributed by atoms with van der Waals surface area (Å²) in [5, 5.41) is 3.61. The Morgan fingerprint density at radius 3 is 2.80 bits per heavy atom. The summed E-state index contributed by atoms with van der Waals surface area (Å²) in [6.07, 6.45) is 6.98. The van der Waals surface area contributed by atoms with Crippen LogP contribution in [-0.2, 0) is 0 Å². The highest BCUT2D eigenvalue weighted by atomic mass is 15.2. The Hall–Kier alpha value is -0.0800. The maximum Gasteiger partial charge on any atom is 0.00791 e. The lowest BCUT2D eigenvalue weighted by Gasteiger charge is -2.35. The summed E-state index contributed by atoms with van der Waals surface area (Å²) in [5.74, 6) is 0.914. The number of likely N-dealkylation sites (tertiary alicyclic amines) is 1. The smallest absolute Gasteiger partial charge is 0.00791 e. The molecule has 1 heterocycles. The maximum absolute atomic E-state index is 3.61. The maximum atomic E-state index is 3.61. The predicted octanol–water partition coefficient (Wildman–Crippen LogP) is 2.25. The zero-order chi connectivity index (χ0) is 10.7. The summed E-state index contributed by atoms with van der Waals surface area (Å²) >= 11 is 0. The largest absolute Gasteiger partial charge is 0.314 e. The van der Waals surface area contributed by atoms with Crippen molar-refractivity contribution < 1.29 is 0 Å². The molecule has 0 spiro atoms. The molecule has 1 saturated heterocycles. The highest BCUT2D eigenvalue weighted by Gasteiger charge is 2.22. The van der Waals surface area contributed by atoms with Crippen molar-refractivity contribution >= 4 is 0 Å². The zero-order valence-corrected chi connectivity index (χ0v) is 10.3. The molecule has 0 aromatic carbocycles. The monoisotopic (exact) mass is 210 g/mol. The first kappa shape index (κ1) is 11.4. The van der Waals surface area contributed by atoms with Gasteiger partial charge in [-0.2, -0.15) is 0 Å². The van der Waals surface area contributed by atoms with Gasteiger partial charge in [0.1, 0.15) is 0 Å². The molecule has 88 valence electrons. The molecule has 2 heteroatoms. The van der Waals surface area contributed by atoms with E-state index in [1.807, 2.05) is 0 Å². The van der Waals surface area contributed by atoms with Gasteiger partial charge in [-0.25, -0.2) is 0 Å².